The van der Waals surface area contributed by atoms with Crippen LogP contribution >= 0.6 is 0 Å². The van der Waals surface area contributed by atoms with E-state index in [1.807, 2.05) is 6.92 Å². The Balaban J connectivity index is 1.45. The standard InChI is InChI=1S/C30H23F5O/c1-2-3-12-36-24-17-27(32)25(28(33)18-24)11-7-20-5-9-21(26(31)14-20)8-4-19-6-10-22-15-29(34)30(35)16-23(22)13-19/h5-6,9-10,13-18H,2-3,7,11-12H2,1H3. The molecule has 0 fully saturated rings. The number of benzene rings is 4. The Labute approximate surface area is 206 Å². The molecule has 4 aromatic carbocycles. The van der Waals surface area contributed by atoms with Gasteiger partial charge in [0.1, 0.15) is 23.2 Å². The van der Waals surface area contributed by atoms with Crippen LogP contribution in [0.3, 0.4) is 0 Å². The highest BCUT2D eigenvalue weighted by Crippen LogP contribution is 2.23. The van der Waals surface area contributed by atoms with Crippen molar-refractivity contribution in [3.8, 4) is 17.6 Å². The third-order valence-electron chi connectivity index (χ3n) is 5.80. The Morgan fingerprint density at radius 3 is 2.08 bits per heavy atom. The molecule has 0 aromatic heterocycles. The van der Waals surface area contributed by atoms with Crippen molar-refractivity contribution < 1.29 is 26.7 Å². The first-order chi connectivity index (χ1) is 17.3. The van der Waals surface area contributed by atoms with Gasteiger partial charge in [0.25, 0.3) is 0 Å². The van der Waals surface area contributed by atoms with Crippen LogP contribution in [-0.4, -0.2) is 6.61 Å². The molecule has 36 heavy (non-hydrogen) atoms. The maximum atomic E-state index is 14.6. The molecular weight excluding hydrogens is 471 g/mol. The fourth-order valence-corrected chi connectivity index (χ4v) is 3.78. The fourth-order valence-electron chi connectivity index (χ4n) is 3.78. The van der Waals surface area contributed by atoms with Gasteiger partial charge in [-0.25, -0.2) is 22.0 Å². The van der Waals surface area contributed by atoms with Crippen LogP contribution in [0.4, 0.5) is 22.0 Å². The van der Waals surface area contributed by atoms with Crippen molar-refractivity contribution >= 4 is 10.8 Å². The van der Waals surface area contributed by atoms with Gasteiger partial charge < -0.3 is 4.74 Å². The van der Waals surface area contributed by atoms with E-state index in [4.69, 9.17) is 4.74 Å². The number of rotatable bonds is 7. The summed E-state index contributed by atoms with van der Waals surface area (Å²) >= 11 is 0. The molecule has 0 saturated heterocycles. The molecule has 0 spiro atoms. The molecule has 0 aliphatic heterocycles. The SMILES string of the molecule is CCCCOc1cc(F)c(CCc2ccc(C#Cc3ccc4cc(F)c(F)cc4c3)c(F)c2)c(F)c1. The van der Waals surface area contributed by atoms with E-state index in [9.17, 15) is 22.0 Å². The summed E-state index contributed by atoms with van der Waals surface area (Å²) in [5.74, 6) is 1.89. The molecule has 4 rings (SSSR count). The minimum atomic E-state index is -0.953. The van der Waals surface area contributed by atoms with Crippen LogP contribution in [0.5, 0.6) is 5.75 Å². The van der Waals surface area contributed by atoms with Gasteiger partial charge in [0.15, 0.2) is 11.6 Å². The number of aryl methyl sites for hydroxylation is 1. The lowest BCUT2D eigenvalue weighted by molar-refractivity contribution is 0.305. The molecule has 0 aliphatic rings. The Hall–Kier alpha value is -3.85. The van der Waals surface area contributed by atoms with Crippen molar-refractivity contribution in [1.82, 2.24) is 0 Å². The Morgan fingerprint density at radius 2 is 1.39 bits per heavy atom. The third-order valence-corrected chi connectivity index (χ3v) is 5.80. The lowest BCUT2D eigenvalue weighted by Crippen LogP contribution is -2.03. The first-order valence-corrected chi connectivity index (χ1v) is 11.6. The second kappa shape index (κ2) is 11.3. The number of unbranched alkanes of at least 4 members (excludes halogenated alkanes) is 1. The van der Waals surface area contributed by atoms with Gasteiger partial charge in [0.2, 0.25) is 0 Å². The van der Waals surface area contributed by atoms with Crippen LogP contribution in [0.25, 0.3) is 10.8 Å². The normalized spacial score (nSPS) is 10.8. The highest BCUT2D eigenvalue weighted by Gasteiger charge is 2.13. The molecule has 0 bridgehead atoms. The van der Waals surface area contributed by atoms with Crippen LogP contribution in [0.15, 0.2) is 60.7 Å². The molecule has 6 heteroatoms. The summed E-state index contributed by atoms with van der Waals surface area (Å²) in [6.45, 7) is 2.39. The molecular formula is C30H23F5O. The Morgan fingerprint density at radius 1 is 0.667 bits per heavy atom. The number of hydrogen-bond donors (Lipinski definition) is 0. The highest BCUT2D eigenvalue weighted by molar-refractivity contribution is 5.84. The highest BCUT2D eigenvalue weighted by atomic mass is 19.2. The van der Waals surface area contributed by atoms with Crippen LogP contribution in [0, 0.1) is 40.9 Å². The molecule has 0 unspecified atom stereocenters. The Kier molecular flexibility index (Phi) is 7.90. The molecule has 0 heterocycles. The van der Waals surface area contributed by atoms with Gasteiger partial charge in [-0.15, -0.1) is 0 Å². The van der Waals surface area contributed by atoms with Crippen molar-refractivity contribution in [1.29, 1.82) is 0 Å². The summed E-state index contributed by atoms with van der Waals surface area (Å²) in [5, 5.41) is 1.01. The summed E-state index contributed by atoms with van der Waals surface area (Å²) in [6.07, 6.45) is 2.00. The second-order valence-corrected chi connectivity index (χ2v) is 8.46. The first-order valence-electron chi connectivity index (χ1n) is 11.6. The van der Waals surface area contributed by atoms with Gasteiger partial charge in [-0.2, -0.15) is 0 Å². The predicted molar refractivity (Wildman–Crippen MR) is 130 cm³/mol. The molecule has 0 atom stereocenters. The van der Waals surface area contributed by atoms with E-state index in [0.29, 0.717) is 28.5 Å². The topological polar surface area (TPSA) is 9.23 Å². The van der Waals surface area contributed by atoms with Crippen molar-refractivity contribution in [3.05, 3.63) is 112 Å². The van der Waals surface area contributed by atoms with E-state index < -0.39 is 29.1 Å². The molecule has 0 N–H and O–H groups in total. The molecule has 0 aliphatic carbocycles. The van der Waals surface area contributed by atoms with E-state index in [1.54, 1.807) is 24.3 Å². The average Bonchev–Trinajstić information content (AvgIpc) is 2.84. The first kappa shape index (κ1) is 25.2. The van der Waals surface area contributed by atoms with Crippen LogP contribution in [-0.2, 0) is 12.8 Å². The number of fused-ring (bicyclic) bond motifs is 1. The Bertz CT molecular complexity index is 1440. The average molecular weight is 495 g/mol. The van der Waals surface area contributed by atoms with Crippen LogP contribution in [0.1, 0.15) is 42.0 Å². The van der Waals surface area contributed by atoms with Crippen molar-refractivity contribution in [3.63, 3.8) is 0 Å². The minimum absolute atomic E-state index is 0.0611. The summed E-state index contributed by atoms with van der Waals surface area (Å²) in [4.78, 5) is 0. The van der Waals surface area contributed by atoms with E-state index in [1.165, 1.54) is 24.3 Å². The van der Waals surface area contributed by atoms with Crippen molar-refractivity contribution in [2.24, 2.45) is 0 Å². The second-order valence-electron chi connectivity index (χ2n) is 8.46. The van der Waals surface area contributed by atoms with Crippen molar-refractivity contribution in [2.45, 2.75) is 32.6 Å². The zero-order valence-corrected chi connectivity index (χ0v) is 19.6. The molecule has 0 radical (unpaired) electrons. The van der Waals surface area contributed by atoms with Crippen LogP contribution in [0.2, 0.25) is 0 Å². The zero-order valence-electron chi connectivity index (χ0n) is 19.6. The summed E-state index contributed by atoms with van der Waals surface area (Å²) < 4.78 is 75.7. The predicted octanol–water partition coefficient (Wildman–Crippen LogP) is 7.90. The molecule has 0 saturated carbocycles. The number of hydrogen-bond acceptors (Lipinski definition) is 1. The largest absolute Gasteiger partial charge is 0.493 e. The fraction of sp³-hybridized carbons (Fsp3) is 0.200. The lowest BCUT2D eigenvalue weighted by atomic mass is 10.0. The van der Waals surface area contributed by atoms with E-state index >= 15 is 0 Å². The van der Waals surface area contributed by atoms with Gasteiger partial charge in [-0.05, 0) is 72.0 Å². The van der Waals surface area contributed by atoms with Gasteiger partial charge >= 0.3 is 0 Å². The zero-order chi connectivity index (χ0) is 25.7. The van der Waals surface area contributed by atoms with Gasteiger partial charge in [-0.1, -0.05) is 37.3 Å². The summed E-state index contributed by atoms with van der Waals surface area (Å²) in [6, 6.07) is 13.8. The van der Waals surface area contributed by atoms with Crippen molar-refractivity contribution in [2.75, 3.05) is 6.61 Å². The maximum absolute atomic E-state index is 14.6. The number of halogens is 5. The monoisotopic (exact) mass is 494 g/mol. The maximum Gasteiger partial charge on any atom is 0.159 e. The minimum Gasteiger partial charge on any atom is -0.493 e. The van der Waals surface area contributed by atoms with Gasteiger partial charge in [0, 0.05) is 23.3 Å². The molecule has 0 amide bonds. The van der Waals surface area contributed by atoms with Gasteiger partial charge in [-0.3, -0.25) is 0 Å². The van der Waals surface area contributed by atoms with Gasteiger partial charge in [0.05, 0.1) is 12.2 Å². The van der Waals surface area contributed by atoms with E-state index in [2.05, 4.69) is 11.8 Å². The molecule has 184 valence electrons. The van der Waals surface area contributed by atoms with E-state index in [0.717, 1.165) is 25.0 Å². The smallest absolute Gasteiger partial charge is 0.159 e. The quantitative estimate of drug-likeness (QED) is 0.144. The molecule has 1 nitrogen and oxygen atoms in total. The number of ether oxygens (including phenoxy) is 1. The van der Waals surface area contributed by atoms with Crippen LogP contribution < -0.4 is 4.74 Å². The summed E-state index contributed by atoms with van der Waals surface area (Å²) in [5.41, 5.74) is 1.17. The lowest BCUT2D eigenvalue weighted by Gasteiger charge is -2.10. The summed E-state index contributed by atoms with van der Waals surface area (Å²) in [7, 11) is 0. The third kappa shape index (κ3) is 6.04. The molecule has 4 aromatic rings. The van der Waals surface area contributed by atoms with E-state index in [-0.39, 0.29) is 29.7 Å².